The summed E-state index contributed by atoms with van der Waals surface area (Å²) in [5, 5.41) is 2.92. The van der Waals surface area contributed by atoms with E-state index in [9.17, 15) is 9.59 Å². The van der Waals surface area contributed by atoms with Gasteiger partial charge in [0, 0.05) is 5.69 Å². The van der Waals surface area contributed by atoms with Gasteiger partial charge in [-0.1, -0.05) is 12.1 Å². The van der Waals surface area contributed by atoms with Crippen molar-refractivity contribution < 1.29 is 18.7 Å². The normalized spacial score (nSPS) is 10.8. The predicted molar refractivity (Wildman–Crippen MR) is 95.5 cm³/mol. The molecule has 0 saturated carbocycles. The number of hydrogen-bond donors (Lipinski definition) is 1. The number of nitrogens with zero attached hydrogens (tertiary/aromatic N) is 1. The van der Waals surface area contributed by atoms with Crippen molar-refractivity contribution in [2.45, 2.75) is 27.3 Å². The molecule has 1 N–H and O–H groups in total. The molecule has 0 atom stereocenters. The van der Waals surface area contributed by atoms with E-state index in [1.54, 1.807) is 24.9 Å². The summed E-state index contributed by atoms with van der Waals surface area (Å²) in [6, 6.07) is 7.38. The van der Waals surface area contributed by atoms with E-state index in [4.69, 9.17) is 9.15 Å². The number of furan rings is 1. The minimum absolute atomic E-state index is 0.125. The third-order valence-corrected chi connectivity index (χ3v) is 3.95. The summed E-state index contributed by atoms with van der Waals surface area (Å²) >= 11 is 0. The monoisotopic (exact) mass is 344 g/mol. The Morgan fingerprint density at radius 1 is 1.24 bits per heavy atom. The molecule has 6 nitrogen and oxygen atoms in total. The van der Waals surface area contributed by atoms with Crippen molar-refractivity contribution in [1.29, 1.82) is 0 Å². The second kappa shape index (κ2) is 8.48. The molecule has 0 fully saturated rings. The molecule has 0 radical (unpaired) electrons. The van der Waals surface area contributed by atoms with Gasteiger partial charge in [-0.05, 0) is 51.1 Å². The van der Waals surface area contributed by atoms with Crippen LogP contribution in [0.2, 0.25) is 0 Å². The predicted octanol–water partition coefficient (Wildman–Crippen LogP) is 3.14. The molecular formula is C19H24N2O4. The quantitative estimate of drug-likeness (QED) is 0.781. The summed E-state index contributed by atoms with van der Waals surface area (Å²) < 4.78 is 10.4. The summed E-state index contributed by atoms with van der Waals surface area (Å²) in [4.78, 5) is 25.9. The smallest absolute Gasteiger partial charge is 0.341 e. The second-order valence-electron chi connectivity index (χ2n) is 5.95. The lowest BCUT2D eigenvalue weighted by Crippen LogP contribution is -2.30. The van der Waals surface area contributed by atoms with Crippen molar-refractivity contribution >= 4 is 17.6 Å². The molecule has 2 rings (SSSR count). The van der Waals surface area contributed by atoms with Gasteiger partial charge in [-0.15, -0.1) is 0 Å². The molecule has 0 aliphatic rings. The van der Waals surface area contributed by atoms with Gasteiger partial charge in [0.2, 0.25) is 5.91 Å². The lowest BCUT2D eigenvalue weighted by molar-refractivity contribution is -0.117. The Morgan fingerprint density at radius 2 is 2.00 bits per heavy atom. The number of nitrogens with one attached hydrogen (secondary N) is 1. The lowest BCUT2D eigenvalue weighted by atomic mass is 10.1. The summed E-state index contributed by atoms with van der Waals surface area (Å²) in [5.41, 5.74) is 3.38. The van der Waals surface area contributed by atoms with Gasteiger partial charge in [0.05, 0.1) is 26.0 Å². The first kappa shape index (κ1) is 18.7. The molecule has 0 saturated heterocycles. The zero-order valence-corrected chi connectivity index (χ0v) is 15.1. The fourth-order valence-corrected chi connectivity index (χ4v) is 2.48. The van der Waals surface area contributed by atoms with Crippen LogP contribution in [0.15, 0.2) is 34.9 Å². The van der Waals surface area contributed by atoms with E-state index < -0.39 is 5.97 Å². The highest BCUT2D eigenvalue weighted by Crippen LogP contribution is 2.18. The first-order chi connectivity index (χ1) is 11.9. The van der Waals surface area contributed by atoms with Crippen molar-refractivity contribution in [2.24, 2.45) is 0 Å². The lowest BCUT2D eigenvalue weighted by Gasteiger charge is -2.16. The topological polar surface area (TPSA) is 71.8 Å². The number of ether oxygens (including phenoxy) is 1. The molecule has 1 amide bonds. The zero-order chi connectivity index (χ0) is 18.4. The maximum absolute atomic E-state index is 12.3. The molecule has 1 aromatic heterocycles. The van der Waals surface area contributed by atoms with Gasteiger partial charge in [-0.2, -0.15) is 0 Å². The Morgan fingerprint density at radius 3 is 2.72 bits per heavy atom. The van der Waals surface area contributed by atoms with Gasteiger partial charge in [0.25, 0.3) is 0 Å². The van der Waals surface area contributed by atoms with Crippen molar-refractivity contribution in [3.63, 3.8) is 0 Å². The van der Waals surface area contributed by atoms with Crippen molar-refractivity contribution in [1.82, 2.24) is 4.90 Å². The van der Waals surface area contributed by atoms with Crippen LogP contribution in [0.5, 0.6) is 0 Å². The zero-order valence-electron chi connectivity index (χ0n) is 15.1. The molecule has 0 unspecified atom stereocenters. The molecule has 0 aliphatic heterocycles. The van der Waals surface area contributed by atoms with Crippen LogP contribution >= 0.6 is 0 Å². The Bertz CT molecular complexity index is 752. The van der Waals surface area contributed by atoms with Gasteiger partial charge in [-0.25, -0.2) is 4.79 Å². The van der Waals surface area contributed by atoms with Crippen molar-refractivity contribution in [3.8, 4) is 0 Å². The van der Waals surface area contributed by atoms with Gasteiger partial charge in [-0.3, -0.25) is 9.69 Å². The Labute approximate surface area is 147 Å². The van der Waals surface area contributed by atoms with Gasteiger partial charge in [0.1, 0.15) is 11.3 Å². The van der Waals surface area contributed by atoms with E-state index in [1.807, 2.05) is 32.0 Å². The Kier molecular flexibility index (Phi) is 6.36. The summed E-state index contributed by atoms with van der Waals surface area (Å²) in [7, 11) is 1.79. The van der Waals surface area contributed by atoms with E-state index in [0.29, 0.717) is 24.5 Å². The number of benzene rings is 1. The largest absolute Gasteiger partial charge is 0.467 e. The Hall–Kier alpha value is -2.60. The number of rotatable bonds is 7. The van der Waals surface area contributed by atoms with Crippen LogP contribution < -0.4 is 5.32 Å². The molecule has 25 heavy (non-hydrogen) atoms. The number of likely N-dealkylation sites (N-methyl/N-ethyl adjacent to an activating group) is 1. The molecule has 0 aliphatic carbocycles. The summed E-state index contributed by atoms with van der Waals surface area (Å²) in [6.07, 6.45) is 1.45. The van der Waals surface area contributed by atoms with Gasteiger partial charge >= 0.3 is 5.97 Å². The van der Waals surface area contributed by atoms with Crippen LogP contribution in [0, 0.1) is 13.8 Å². The van der Waals surface area contributed by atoms with Crippen molar-refractivity contribution in [3.05, 3.63) is 53.0 Å². The number of aryl methyl sites for hydroxylation is 1. The molecule has 134 valence electrons. The van der Waals surface area contributed by atoms with Crippen LogP contribution in [-0.2, 0) is 16.1 Å². The molecule has 2 aromatic rings. The minimum Gasteiger partial charge on any atom is -0.467 e. The highest BCUT2D eigenvalue weighted by atomic mass is 16.5. The third-order valence-electron chi connectivity index (χ3n) is 3.95. The van der Waals surface area contributed by atoms with E-state index in [-0.39, 0.29) is 12.5 Å². The molecule has 0 spiro atoms. The number of carbonyl (C=O) groups is 2. The number of amides is 1. The maximum Gasteiger partial charge on any atom is 0.341 e. The second-order valence-corrected chi connectivity index (χ2v) is 5.95. The molecule has 1 aromatic carbocycles. The van der Waals surface area contributed by atoms with Crippen LogP contribution in [0.4, 0.5) is 5.69 Å². The van der Waals surface area contributed by atoms with E-state index in [2.05, 4.69) is 5.32 Å². The average molecular weight is 344 g/mol. The van der Waals surface area contributed by atoms with E-state index in [1.165, 1.54) is 6.26 Å². The van der Waals surface area contributed by atoms with Crippen LogP contribution in [0.1, 0.15) is 34.2 Å². The van der Waals surface area contributed by atoms with Crippen LogP contribution in [-0.4, -0.2) is 37.0 Å². The fourth-order valence-electron chi connectivity index (χ4n) is 2.48. The first-order valence-electron chi connectivity index (χ1n) is 8.20. The highest BCUT2D eigenvalue weighted by molar-refractivity contribution is 5.93. The minimum atomic E-state index is -0.417. The third kappa shape index (κ3) is 4.93. The van der Waals surface area contributed by atoms with Crippen LogP contribution in [0.3, 0.4) is 0 Å². The van der Waals surface area contributed by atoms with E-state index >= 15 is 0 Å². The number of anilines is 1. The molecule has 0 bridgehead atoms. The van der Waals surface area contributed by atoms with E-state index in [0.717, 1.165) is 16.8 Å². The summed E-state index contributed by atoms with van der Waals surface area (Å²) in [5.74, 6) is -0.0552. The standard InChI is InChI=1S/C19H24N2O4/c1-5-24-19(23)15-9-10-25-17(15)11-21(4)12-18(22)20-16-8-6-7-13(2)14(16)3/h6-10H,5,11-12H2,1-4H3,(H,20,22). The average Bonchev–Trinajstić information content (AvgIpc) is 3.00. The fraction of sp³-hybridized carbons (Fsp3) is 0.368. The molecule has 6 heteroatoms. The van der Waals surface area contributed by atoms with Gasteiger partial charge in [0.15, 0.2) is 0 Å². The van der Waals surface area contributed by atoms with Crippen molar-refractivity contribution in [2.75, 3.05) is 25.5 Å². The Balaban J connectivity index is 1.95. The number of esters is 1. The SMILES string of the molecule is CCOC(=O)c1ccoc1CN(C)CC(=O)Nc1cccc(C)c1C. The summed E-state index contributed by atoms with van der Waals surface area (Å²) in [6.45, 7) is 6.55. The number of carbonyl (C=O) groups excluding carboxylic acids is 2. The van der Waals surface area contributed by atoms with Crippen LogP contribution in [0.25, 0.3) is 0 Å². The van der Waals surface area contributed by atoms with Gasteiger partial charge < -0.3 is 14.5 Å². The molecule has 1 heterocycles. The molecular weight excluding hydrogens is 320 g/mol. The highest BCUT2D eigenvalue weighted by Gasteiger charge is 2.18. The number of hydrogen-bond acceptors (Lipinski definition) is 5. The maximum atomic E-state index is 12.3. The first-order valence-corrected chi connectivity index (χ1v) is 8.20.